The molecule has 1 saturated heterocycles. The molecule has 1 aliphatic heterocycles. The first kappa shape index (κ1) is 42.8. The number of carbonyl (C=O) groups excluding carboxylic acids is 6. The van der Waals surface area contributed by atoms with Crippen molar-refractivity contribution in [2.45, 2.75) is 158 Å². The normalized spacial score (nSPS) is 35.9. The van der Waals surface area contributed by atoms with Crippen LogP contribution in [0, 0.1) is 35.5 Å². The van der Waals surface area contributed by atoms with E-state index in [4.69, 9.17) is 28.4 Å². The van der Waals surface area contributed by atoms with Gasteiger partial charge in [-0.1, -0.05) is 20.8 Å². The predicted octanol–water partition coefficient (Wildman–Crippen LogP) is 5.75. The standard InChI is InChI=1S/C36H60O12/c1-19-13-16-22(4)43-35(41)26(8)32(47-29(11)38)21(3)15-18-24(6)45-36(42)27(9)33(48-30(12)39)20(2)14-17-23(5)44-34(40)25(7)31(19)46-28(10)37/h19-27,31-33H,13-18H2,1-12H3. The lowest BCUT2D eigenvalue weighted by Crippen LogP contribution is -2.39. The maximum absolute atomic E-state index is 13.2. The summed E-state index contributed by atoms with van der Waals surface area (Å²) in [4.78, 5) is 75.7. The second kappa shape index (κ2) is 20.4. The number of hydrogen-bond donors (Lipinski definition) is 0. The molecular weight excluding hydrogens is 624 g/mol. The number of esters is 6. The fourth-order valence-corrected chi connectivity index (χ4v) is 6.19. The maximum atomic E-state index is 13.2. The van der Waals surface area contributed by atoms with Gasteiger partial charge in [-0.15, -0.1) is 0 Å². The van der Waals surface area contributed by atoms with E-state index < -0.39 is 90.2 Å². The average Bonchev–Trinajstić information content (AvgIpc) is 2.99. The van der Waals surface area contributed by atoms with Crippen molar-refractivity contribution in [3.63, 3.8) is 0 Å². The summed E-state index contributed by atoms with van der Waals surface area (Å²) >= 11 is 0. The molecule has 12 nitrogen and oxygen atoms in total. The van der Waals surface area contributed by atoms with Crippen LogP contribution in [0.4, 0.5) is 0 Å². The Morgan fingerprint density at radius 1 is 0.438 bits per heavy atom. The summed E-state index contributed by atoms with van der Waals surface area (Å²) in [5, 5.41) is 0. The third-order valence-corrected chi connectivity index (χ3v) is 9.22. The van der Waals surface area contributed by atoms with Gasteiger partial charge in [0.1, 0.15) is 18.3 Å². The van der Waals surface area contributed by atoms with E-state index in [0.717, 1.165) is 0 Å². The minimum Gasteiger partial charge on any atom is -0.462 e. The van der Waals surface area contributed by atoms with E-state index in [2.05, 4.69) is 0 Å². The van der Waals surface area contributed by atoms with Crippen LogP contribution in [0.15, 0.2) is 0 Å². The summed E-state index contributed by atoms with van der Waals surface area (Å²) in [5.74, 6) is -6.28. The van der Waals surface area contributed by atoms with Gasteiger partial charge in [0, 0.05) is 20.8 Å². The van der Waals surface area contributed by atoms with Crippen LogP contribution in [-0.2, 0) is 57.2 Å². The van der Waals surface area contributed by atoms with Gasteiger partial charge in [-0.25, -0.2) is 0 Å². The zero-order valence-electron chi connectivity index (χ0n) is 31.1. The van der Waals surface area contributed by atoms with Crippen LogP contribution < -0.4 is 0 Å². The molecule has 0 N–H and O–H groups in total. The van der Waals surface area contributed by atoms with Crippen LogP contribution in [0.2, 0.25) is 0 Å². The summed E-state index contributed by atoms with van der Waals surface area (Å²) in [5.41, 5.74) is 0. The smallest absolute Gasteiger partial charge is 0.312 e. The Labute approximate surface area is 286 Å². The first-order valence-electron chi connectivity index (χ1n) is 17.4. The van der Waals surface area contributed by atoms with Crippen molar-refractivity contribution in [1.29, 1.82) is 0 Å². The van der Waals surface area contributed by atoms with Crippen molar-refractivity contribution >= 4 is 35.8 Å². The first-order valence-corrected chi connectivity index (χ1v) is 17.4. The molecule has 0 radical (unpaired) electrons. The van der Waals surface area contributed by atoms with Gasteiger partial charge in [0.05, 0.1) is 36.1 Å². The zero-order chi connectivity index (χ0) is 36.9. The summed E-state index contributed by atoms with van der Waals surface area (Å²) in [6.45, 7) is 19.7. The molecule has 0 aromatic heterocycles. The highest BCUT2D eigenvalue weighted by Gasteiger charge is 2.37. The Morgan fingerprint density at radius 2 is 0.646 bits per heavy atom. The second-order valence-electron chi connectivity index (χ2n) is 14.0. The zero-order valence-corrected chi connectivity index (χ0v) is 31.1. The Hall–Kier alpha value is -3.18. The number of ether oxygens (including phenoxy) is 6. The lowest BCUT2D eigenvalue weighted by molar-refractivity contribution is -0.166. The van der Waals surface area contributed by atoms with Crippen molar-refractivity contribution in [2.75, 3.05) is 0 Å². The lowest BCUT2D eigenvalue weighted by atomic mass is 9.88. The number of rotatable bonds is 3. The molecule has 1 heterocycles. The molecule has 12 heteroatoms. The van der Waals surface area contributed by atoms with Crippen LogP contribution in [0.1, 0.15) is 122 Å². The molecule has 0 aliphatic carbocycles. The molecule has 0 amide bonds. The van der Waals surface area contributed by atoms with E-state index in [1.54, 1.807) is 41.5 Å². The van der Waals surface area contributed by atoms with Crippen molar-refractivity contribution < 1.29 is 57.2 Å². The van der Waals surface area contributed by atoms with E-state index in [1.807, 2.05) is 20.8 Å². The predicted molar refractivity (Wildman–Crippen MR) is 176 cm³/mol. The van der Waals surface area contributed by atoms with Crippen LogP contribution in [0.3, 0.4) is 0 Å². The molecule has 0 bridgehead atoms. The quantitative estimate of drug-likeness (QED) is 0.262. The van der Waals surface area contributed by atoms with E-state index in [1.165, 1.54) is 20.8 Å². The minimum absolute atomic E-state index is 0.266. The van der Waals surface area contributed by atoms with Gasteiger partial charge in [-0.3, -0.25) is 28.8 Å². The van der Waals surface area contributed by atoms with Gasteiger partial charge in [-0.05, 0) is 97.8 Å². The van der Waals surface area contributed by atoms with Crippen LogP contribution in [0.5, 0.6) is 0 Å². The molecule has 48 heavy (non-hydrogen) atoms. The van der Waals surface area contributed by atoms with Crippen LogP contribution in [0.25, 0.3) is 0 Å². The third kappa shape index (κ3) is 14.5. The molecule has 0 spiro atoms. The SMILES string of the molecule is CC(=O)OC1C(C)CCC(C)OC(=O)C(C)C(OC(C)=O)C(C)CCC(C)OC(=O)C(C)C(OC(C)=O)C(C)CCC(C)OC(=O)C1C. The minimum atomic E-state index is -0.774. The van der Waals surface area contributed by atoms with E-state index in [-0.39, 0.29) is 17.8 Å². The number of cyclic esters (lactones) is 3. The Bertz CT molecular complexity index is 956. The largest absolute Gasteiger partial charge is 0.462 e. The molecule has 12 atom stereocenters. The topological polar surface area (TPSA) is 158 Å². The average molecular weight is 685 g/mol. The monoisotopic (exact) mass is 684 g/mol. The van der Waals surface area contributed by atoms with Crippen LogP contribution >= 0.6 is 0 Å². The highest BCUT2D eigenvalue weighted by molar-refractivity contribution is 5.75. The van der Waals surface area contributed by atoms with Crippen molar-refractivity contribution in [2.24, 2.45) is 35.5 Å². The molecular formula is C36H60O12. The van der Waals surface area contributed by atoms with Gasteiger partial charge >= 0.3 is 35.8 Å². The Balaban J connectivity index is 3.37. The van der Waals surface area contributed by atoms with Gasteiger partial charge in [0.15, 0.2) is 0 Å². The fraction of sp³-hybridized carbons (Fsp3) is 0.833. The second-order valence-corrected chi connectivity index (χ2v) is 14.0. The van der Waals surface area contributed by atoms with Gasteiger partial charge in [0.2, 0.25) is 0 Å². The van der Waals surface area contributed by atoms with Crippen molar-refractivity contribution in [3.8, 4) is 0 Å². The van der Waals surface area contributed by atoms with E-state index in [9.17, 15) is 28.8 Å². The highest BCUT2D eigenvalue weighted by Crippen LogP contribution is 2.29. The first-order chi connectivity index (χ1) is 22.2. The highest BCUT2D eigenvalue weighted by atomic mass is 16.6. The number of carbonyl (C=O) groups is 6. The van der Waals surface area contributed by atoms with Gasteiger partial charge < -0.3 is 28.4 Å². The van der Waals surface area contributed by atoms with E-state index in [0.29, 0.717) is 38.5 Å². The van der Waals surface area contributed by atoms with Crippen molar-refractivity contribution in [1.82, 2.24) is 0 Å². The van der Waals surface area contributed by atoms with Crippen molar-refractivity contribution in [3.05, 3.63) is 0 Å². The summed E-state index contributed by atoms with van der Waals surface area (Å²) in [6.07, 6.45) is -1.04. The third-order valence-electron chi connectivity index (χ3n) is 9.22. The molecule has 1 rings (SSSR count). The molecule has 1 aliphatic rings. The lowest BCUT2D eigenvalue weighted by Gasteiger charge is -2.31. The van der Waals surface area contributed by atoms with E-state index >= 15 is 0 Å². The Morgan fingerprint density at radius 3 is 0.833 bits per heavy atom. The number of hydrogen-bond acceptors (Lipinski definition) is 12. The summed E-state index contributed by atoms with van der Waals surface area (Å²) in [6, 6.07) is 0. The molecule has 12 unspecified atom stereocenters. The molecule has 0 aromatic carbocycles. The van der Waals surface area contributed by atoms with Crippen LogP contribution in [-0.4, -0.2) is 72.4 Å². The Kier molecular flexibility index (Phi) is 18.2. The molecule has 0 saturated carbocycles. The fourth-order valence-electron chi connectivity index (χ4n) is 6.19. The van der Waals surface area contributed by atoms with Gasteiger partial charge in [0.25, 0.3) is 0 Å². The summed E-state index contributed by atoms with van der Waals surface area (Å²) < 4.78 is 34.0. The summed E-state index contributed by atoms with van der Waals surface area (Å²) in [7, 11) is 0. The maximum Gasteiger partial charge on any atom is 0.312 e. The van der Waals surface area contributed by atoms with Gasteiger partial charge in [-0.2, -0.15) is 0 Å². The molecule has 276 valence electrons. The molecule has 1 fully saturated rings. The molecule has 0 aromatic rings.